The van der Waals surface area contributed by atoms with Crippen molar-refractivity contribution in [1.82, 2.24) is 34.5 Å². The van der Waals surface area contributed by atoms with Gasteiger partial charge in [0.15, 0.2) is 17.0 Å². The van der Waals surface area contributed by atoms with E-state index in [1.54, 1.807) is 12.4 Å². The highest BCUT2D eigenvalue weighted by Gasteiger charge is 2.22. The van der Waals surface area contributed by atoms with Crippen molar-refractivity contribution >= 4 is 17.0 Å². The molecule has 0 unspecified atom stereocenters. The van der Waals surface area contributed by atoms with Crippen LogP contribution in [0.1, 0.15) is 17.0 Å². The zero-order valence-electron chi connectivity index (χ0n) is 18.4. The summed E-state index contributed by atoms with van der Waals surface area (Å²) >= 11 is 0. The molecule has 5 rings (SSSR count). The van der Waals surface area contributed by atoms with Gasteiger partial charge < -0.3 is 4.90 Å². The van der Waals surface area contributed by atoms with Crippen LogP contribution < -0.4 is 4.90 Å². The lowest BCUT2D eigenvalue weighted by molar-refractivity contribution is 0.674. The molecule has 0 atom stereocenters. The molecule has 0 fully saturated rings. The van der Waals surface area contributed by atoms with E-state index < -0.39 is 0 Å². The molecule has 164 valence electrons. The van der Waals surface area contributed by atoms with Crippen molar-refractivity contribution in [1.29, 1.82) is 0 Å². The number of hydrogen-bond acceptors (Lipinski definition) is 6. The Kier molecular flexibility index (Phi) is 5.63. The van der Waals surface area contributed by atoms with Crippen LogP contribution in [0.5, 0.6) is 0 Å². The molecule has 2 aromatic carbocycles. The fourth-order valence-corrected chi connectivity index (χ4v) is 3.83. The molecule has 3 heterocycles. The molecule has 0 amide bonds. The number of allylic oxidation sites excluding steroid dienone is 1. The minimum atomic E-state index is 0.563. The standard InChI is InChI=1S/C25H24N8/c1-3-10-21-28-23-22(30-25(31(23)2)33-26-15-16-27-33)24(29-21)32(17-19-11-6-4-7-12-19)18-20-13-8-5-9-14-20/h3-9,11-16H,1,10,17-18H2,2H3. The van der Waals surface area contributed by atoms with Gasteiger partial charge in [-0.25, -0.2) is 15.0 Å². The van der Waals surface area contributed by atoms with Crippen molar-refractivity contribution in [2.75, 3.05) is 4.90 Å². The lowest BCUT2D eigenvalue weighted by atomic mass is 10.1. The van der Waals surface area contributed by atoms with Crippen LogP contribution in [0.2, 0.25) is 0 Å². The van der Waals surface area contributed by atoms with Crippen LogP contribution in [0.15, 0.2) is 85.7 Å². The Bertz CT molecular complexity index is 1320. The average molecular weight is 437 g/mol. The lowest BCUT2D eigenvalue weighted by Crippen LogP contribution is -2.24. The topological polar surface area (TPSA) is 77.5 Å². The fourth-order valence-electron chi connectivity index (χ4n) is 3.83. The molecular formula is C25H24N8. The van der Waals surface area contributed by atoms with Gasteiger partial charge in [-0.15, -0.1) is 11.4 Å². The number of hydrogen-bond donors (Lipinski definition) is 0. The zero-order chi connectivity index (χ0) is 22.6. The van der Waals surface area contributed by atoms with Gasteiger partial charge in [-0.2, -0.15) is 10.2 Å². The number of imidazole rings is 1. The van der Waals surface area contributed by atoms with Gasteiger partial charge in [0.2, 0.25) is 0 Å². The van der Waals surface area contributed by atoms with Crippen LogP contribution in [0.25, 0.3) is 17.1 Å². The Labute approximate surface area is 191 Å². The van der Waals surface area contributed by atoms with Gasteiger partial charge >= 0.3 is 0 Å². The third-order valence-electron chi connectivity index (χ3n) is 5.38. The summed E-state index contributed by atoms with van der Waals surface area (Å²) in [6, 6.07) is 20.8. The Hall–Kier alpha value is -4.33. The van der Waals surface area contributed by atoms with Crippen molar-refractivity contribution in [3.63, 3.8) is 0 Å². The minimum Gasteiger partial charge on any atom is -0.346 e. The number of aryl methyl sites for hydroxylation is 1. The highest BCUT2D eigenvalue weighted by molar-refractivity contribution is 5.85. The van der Waals surface area contributed by atoms with E-state index in [1.165, 1.54) is 15.9 Å². The van der Waals surface area contributed by atoms with E-state index >= 15 is 0 Å². The molecular weight excluding hydrogens is 412 g/mol. The third kappa shape index (κ3) is 4.23. The molecule has 0 saturated heterocycles. The molecule has 0 saturated carbocycles. The van der Waals surface area contributed by atoms with Gasteiger partial charge in [0.25, 0.3) is 5.95 Å². The SMILES string of the molecule is C=CCc1nc(N(Cc2ccccc2)Cc2ccccc2)c2nc(-n3nccn3)n(C)c2n1. The number of nitrogens with zero attached hydrogens (tertiary/aromatic N) is 8. The van der Waals surface area contributed by atoms with Crippen LogP contribution in [0.3, 0.4) is 0 Å². The zero-order valence-corrected chi connectivity index (χ0v) is 18.4. The van der Waals surface area contributed by atoms with Gasteiger partial charge in [0.1, 0.15) is 5.82 Å². The molecule has 0 aliphatic carbocycles. The molecule has 0 bridgehead atoms. The van der Waals surface area contributed by atoms with E-state index in [0.717, 1.165) is 11.5 Å². The Balaban J connectivity index is 1.68. The molecule has 0 spiro atoms. The maximum atomic E-state index is 4.94. The summed E-state index contributed by atoms with van der Waals surface area (Å²) < 4.78 is 1.90. The summed E-state index contributed by atoms with van der Waals surface area (Å²) in [4.78, 5) is 18.3. The summed E-state index contributed by atoms with van der Waals surface area (Å²) in [6.45, 7) is 5.24. The average Bonchev–Trinajstić information content (AvgIpc) is 3.48. The first-order valence-corrected chi connectivity index (χ1v) is 10.8. The maximum absolute atomic E-state index is 4.94. The van der Waals surface area contributed by atoms with Gasteiger partial charge in [-0.3, -0.25) is 4.57 Å². The van der Waals surface area contributed by atoms with E-state index in [1.807, 2.05) is 29.8 Å². The lowest BCUT2D eigenvalue weighted by Gasteiger charge is -2.25. The Morgan fingerprint density at radius 2 is 1.45 bits per heavy atom. The van der Waals surface area contributed by atoms with Gasteiger partial charge in [0.05, 0.1) is 12.4 Å². The van der Waals surface area contributed by atoms with Crippen molar-refractivity contribution in [2.45, 2.75) is 19.5 Å². The van der Waals surface area contributed by atoms with E-state index in [-0.39, 0.29) is 0 Å². The van der Waals surface area contributed by atoms with Crippen molar-refractivity contribution < 1.29 is 0 Å². The van der Waals surface area contributed by atoms with Crippen LogP contribution in [-0.4, -0.2) is 34.5 Å². The molecule has 8 heteroatoms. The van der Waals surface area contributed by atoms with Crippen molar-refractivity contribution in [3.8, 4) is 5.95 Å². The largest absolute Gasteiger partial charge is 0.346 e. The molecule has 0 radical (unpaired) electrons. The maximum Gasteiger partial charge on any atom is 0.251 e. The molecule has 0 N–H and O–H groups in total. The summed E-state index contributed by atoms with van der Waals surface area (Å²) in [7, 11) is 1.92. The smallest absolute Gasteiger partial charge is 0.251 e. The first-order valence-electron chi connectivity index (χ1n) is 10.8. The van der Waals surface area contributed by atoms with E-state index in [0.29, 0.717) is 36.8 Å². The van der Waals surface area contributed by atoms with Gasteiger partial charge in [0, 0.05) is 26.6 Å². The molecule has 0 aliphatic rings. The number of rotatable bonds is 8. The predicted molar refractivity (Wildman–Crippen MR) is 128 cm³/mol. The monoisotopic (exact) mass is 436 g/mol. The van der Waals surface area contributed by atoms with Crippen molar-refractivity contribution in [3.05, 3.63) is 103 Å². The number of aromatic nitrogens is 7. The highest BCUT2D eigenvalue weighted by atomic mass is 15.5. The molecule has 0 aliphatic heterocycles. The van der Waals surface area contributed by atoms with Crippen LogP contribution >= 0.6 is 0 Å². The molecule has 5 aromatic rings. The van der Waals surface area contributed by atoms with E-state index in [4.69, 9.17) is 15.0 Å². The Morgan fingerprint density at radius 1 is 0.848 bits per heavy atom. The second-order valence-corrected chi connectivity index (χ2v) is 7.75. The summed E-state index contributed by atoms with van der Waals surface area (Å²) in [5.74, 6) is 2.06. The third-order valence-corrected chi connectivity index (χ3v) is 5.38. The summed E-state index contributed by atoms with van der Waals surface area (Å²) in [5, 5.41) is 8.51. The number of benzene rings is 2. The number of anilines is 1. The predicted octanol–water partition coefficient (Wildman–Crippen LogP) is 3.88. The normalized spacial score (nSPS) is 11.1. The minimum absolute atomic E-state index is 0.563. The van der Waals surface area contributed by atoms with Crippen LogP contribution in [0.4, 0.5) is 5.82 Å². The number of fused-ring (bicyclic) bond motifs is 1. The second-order valence-electron chi connectivity index (χ2n) is 7.75. The van der Waals surface area contributed by atoms with E-state index in [2.05, 4.69) is 70.2 Å². The molecule has 8 nitrogen and oxygen atoms in total. The van der Waals surface area contributed by atoms with Crippen LogP contribution in [0, 0.1) is 0 Å². The fraction of sp³-hybridized carbons (Fsp3) is 0.160. The highest BCUT2D eigenvalue weighted by Crippen LogP contribution is 2.28. The first kappa shape index (κ1) is 20.6. The van der Waals surface area contributed by atoms with Gasteiger partial charge in [-0.05, 0) is 11.1 Å². The van der Waals surface area contributed by atoms with Crippen molar-refractivity contribution in [2.24, 2.45) is 7.05 Å². The van der Waals surface area contributed by atoms with Gasteiger partial charge in [-0.1, -0.05) is 66.7 Å². The molecule has 33 heavy (non-hydrogen) atoms. The quantitative estimate of drug-likeness (QED) is 0.344. The first-order chi connectivity index (χ1) is 16.2. The Morgan fingerprint density at radius 3 is 2.03 bits per heavy atom. The second kappa shape index (κ2) is 9.04. The molecule has 3 aromatic heterocycles. The van der Waals surface area contributed by atoms with Crippen LogP contribution in [-0.2, 0) is 26.6 Å². The summed E-state index contributed by atoms with van der Waals surface area (Å²) in [6.07, 6.45) is 5.64. The van der Waals surface area contributed by atoms with E-state index in [9.17, 15) is 0 Å². The summed E-state index contributed by atoms with van der Waals surface area (Å²) in [5.41, 5.74) is 3.82.